The number of allylic oxidation sites excluding steroid dienone is 7. The van der Waals surface area contributed by atoms with Gasteiger partial charge in [0.15, 0.2) is 0 Å². The van der Waals surface area contributed by atoms with E-state index in [0.717, 1.165) is 51.4 Å². The van der Waals surface area contributed by atoms with Crippen LogP contribution in [-0.2, 0) is 14.3 Å². The van der Waals surface area contributed by atoms with E-state index < -0.39 is 12.1 Å². The van der Waals surface area contributed by atoms with Crippen molar-refractivity contribution < 1.29 is 24.5 Å². The van der Waals surface area contributed by atoms with Crippen molar-refractivity contribution in [2.45, 2.75) is 411 Å². The van der Waals surface area contributed by atoms with Crippen molar-refractivity contribution in [1.29, 1.82) is 0 Å². The first-order valence-corrected chi connectivity index (χ1v) is 36.9. The molecule has 2 unspecified atom stereocenters. The van der Waals surface area contributed by atoms with E-state index in [-0.39, 0.29) is 18.5 Å². The van der Waals surface area contributed by atoms with Gasteiger partial charge < -0.3 is 20.3 Å². The Morgan fingerprint density at radius 3 is 0.939 bits per heavy atom. The maximum absolute atomic E-state index is 12.5. The fourth-order valence-corrected chi connectivity index (χ4v) is 11.4. The van der Waals surface area contributed by atoms with Crippen LogP contribution >= 0.6 is 0 Å². The third-order valence-electron chi connectivity index (χ3n) is 17.1. The highest BCUT2D eigenvalue weighted by Crippen LogP contribution is 2.18. The molecular formula is C76H143NO5. The number of unbranched alkanes of at least 4 members (excludes halogenated alkanes) is 52. The number of aliphatic hydroxyl groups is 2. The van der Waals surface area contributed by atoms with Gasteiger partial charge in [0.2, 0.25) is 5.91 Å². The van der Waals surface area contributed by atoms with Gasteiger partial charge in [-0.15, -0.1) is 0 Å². The van der Waals surface area contributed by atoms with Crippen LogP contribution in [0.3, 0.4) is 0 Å². The first-order chi connectivity index (χ1) is 40.5. The van der Waals surface area contributed by atoms with E-state index in [0.29, 0.717) is 19.4 Å². The molecule has 482 valence electrons. The van der Waals surface area contributed by atoms with Crippen LogP contribution in [0.4, 0.5) is 0 Å². The summed E-state index contributed by atoms with van der Waals surface area (Å²) >= 11 is 0. The second kappa shape index (κ2) is 71.3. The van der Waals surface area contributed by atoms with Crippen molar-refractivity contribution in [3.05, 3.63) is 48.6 Å². The standard InChI is InChI=1S/C76H143NO5/c1-3-5-7-9-11-13-15-17-19-20-21-22-28-31-34-37-41-44-48-52-56-60-64-68-74(79)73(72-78)77-75(80)69-65-61-57-53-49-45-42-38-35-32-29-26-24-23-25-27-30-33-36-39-43-47-51-55-59-63-67-71-82-76(81)70-66-62-58-54-50-46-40-18-16-14-12-10-8-6-4-2/h18,23-24,27,30,40,64,68,73-74,78-79H,3-17,19-22,25-26,28-29,31-39,41-63,65-67,69-72H2,1-2H3,(H,77,80)/b24-23-,30-27-,40-18-,68-64+. The third kappa shape index (κ3) is 67.0. The molecule has 0 rings (SSSR count). The molecule has 1 amide bonds. The summed E-state index contributed by atoms with van der Waals surface area (Å²) in [6.45, 7) is 4.92. The van der Waals surface area contributed by atoms with Gasteiger partial charge in [0, 0.05) is 12.8 Å². The molecule has 82 heavy (non-hydrogen) atoms. The molecule has 0 spiro atoms. The molecule has 0 aliphatic rings. The van der Waals surface area contributed by atoms with Gasteiger partial charge in [-0.2, -0.15) is 0 Å². The highest BCUT2D eigenvalue weighted by molar-refractivity contribution is 5.76. The minimum Gasteiger partial charge on any atom is -0.466 e. The Hall–Kier alpha value is -2.18. The lowest BCUT2D eigenvalue weighted by molar-refractivity contribution is -0.143. The number of esters is 1. The molecule has 0 aromatic rings. The molecule has 0 radical (unpaired) electrons. The number of hydrogen-bond acceptors (Lipinski definition) is 5. The van der Waals surface area contributed by atoms with Crippen molar-refractivity contribution in [2.24, 2.45) is 0 Å². The highest BCUT2D eigenvalue weighted by Gasteiger charge is 2.18. The second-order valence-electron chi connectivity index (χ2n) is 25.3. The number of hydrogen-bond donors (Lipinski definition) is 3. The van der Waals surface area contributed by atoms with Gasteiger partial charge in [0.1, 0.15) is 0 Å². The van der Waals surface area contributed by atoms with Crippen LogP contribution in [0.15, 0.2) is 48.6 Å². The number of aliphatic hydroxyl groups excluding tert-OH is 2. The molecule has 3 N–H and O–H groups in total. The van der Waals surface area contributed by atoms with Crippen molar-refractivity contribution in [3.8, 4) is 0 Å². The van der Waals surface area contributed by atoms with Crippen molar-refractivity contribution in [1.82, 2.24) is 5.32 Å². The number of ether oxygens (including phenoxy) is 1. The highest BCUT2D eigenvalue weighted by atomic mass is 16.5. The van der Waals surface area contributed by atoms with Gasteiger partial charge in [-0.25, -0.2) is 0 Å². The Morgan fingerprint density at radius 2 is 0.610 bits per heavy atom. The van der Waals surface area contributed by atoms with Crippen LogP contribution in [0, 0.1) is 0 Å². The number of amides is 1. The molecule has 2 atom stereocenters. The van der Waals surface area contributed by atoms with Crippen LogP contribution in [0.5, 0.6) is 0 Å². The van der Waals surface area contributed by atoms with Crippen LogP contribution in [-0.4, -0.2) is 47.4 Å². The van der Waals surface area contributed by atoms with Crippen molar-refractivity contribution in [2.75, 3.05) is 13.2 Å². The first kappa shape index (κ1) is 79.8. The number of carbonyl (C=O) groups is 2. The molecule has 6 heteroatoms. The first-order valence-electron chi connectivity index (χ1n) is 36.9. The van der Waals surface area contributed by atoms with E-state index in [1.54, 1.807) is 6.08 Å². The fraction of sp³-hybridized carbons (Fsp3) is 0.868. The molecule has 0 aromatic carbocycles. The predicted molar refractivity (Wildman–Crippen MR) is 361 cm³/mol. The fourth-order valence-electron chi connectivity index (χ4n) is 11.4. The van der Waals surface area contributed by atoms with Crippen LogP contribution in [0.2, 0.25) is 0 Å². The van der Waals surface area contributed by atoms with Crippen LogP contribution in [0.1, 0.15) is 399 Å². The van der Waals surface area contributed by atoms with Crippen LogP contribution in [0.25, 0.3) is 0 Å². The maximum atomic E-state index is 12.5. The van der Waals surface area contributed by atoms with Gasteiger partial charge in [0.05, 0.1) is 25.4 Å². The summed E-state index contributed by atoms with van der Waals surface area (Å²) < 4.78 is 5.49. The molecule has 0 saturated carbocycles. The third-order valence-corrected chi connectivity index (χ3v) is 17.1. The summed E-state index contributed by atoms with van der Waals surface area (Å²) in [4.78, 5) is 24.6. The Morgan fingerprint density at radius 1 is 0.341 bits per heavy atom. The lowest BCUT2D eigenvalue weighted by Crippen LogP contribution is -2.45. The maximum Gasteiger partial charge on any atom is 0.305 e. The van der Waals surface area contributed by atoms with Gasteiger partial charge in [-0.1, -0.05) is 345 Å². The summed E-state index contributed by atoms with van der Waals surface area (Å²) in [6.07, 6.45) is 93.4. The molecule has 0 bridgehead atoms. The van der Waals surface area contributed by atoms with Gasteiger partial charge >= 0.3 is 5.97 Å². The second-order valence-corrected chi connectivity index (χ2v) is 25.3. The van der Waals surface area contributed by atoms with Crippen LogP contribution < -0.4 is 5.32 Å². The quantitative estimate of drug-likeness (QED) is 0.0320. The van der Waals surface area contributed by atoms with E-state index >= 15 is 0 Å². The van der Waals surface area contributed by atoms with Gasteiger partial charge in [-0.05, 0) is 89.9 Å². The summed E-state index contributed by atoms with van der Waals surface area (Å²) in [7, 11) is 0. The Kier molecular flexibility index (Phi) is 69.4. The lowest BCUT2D eigenvalue weighted by Gasteiger charge is -2.20. The van der Waals surface area contributed by atoms with E-state index in [9.17, 15) is 19.8 Å². The van der Waals surface area contributed by atoms with Crippen molar-refractivity contribution >= 4 is 11.9 Å². The van der Waals surface area contributed by atoms with E-state index in [1.807, 2.05) is 6.08 Å². The largest absolute Gasteiger partial charge is 0.466 e. The predicted octanol–water partition coefficient (Wildman–Crippen LogP) is 24.0. The van der Waals surface area contributed by atoms with Crippen molar-refractivity contribution in [3.63, 3.8) is 0 Å². The smallest absolute Gasteiger partial charge is 0.305 e. The summed E-state index contributed by atoms with van der Waals surface area (Å²) in [5, 5.41) is 23.3. The summed E-state index contributed by atoms with van der Waals surface area (Å²) in [6, 6.07) is -0.633. The lowest BCUT2D eigenvalue weighted by atomic mass is 10.0. The number of rotatable bonds is 69. The zero-order valence-corrected chi connectivity index (χ0v) is 55.2. The average Bonchev–Trinajstić information content (AvgIpc) is 3.48. The summed E-state index contributed by atoms with van der Waals surface area (Å²) in [5.41, 5.74) is 0. The minimum atomic E-state index is -0.849. The molecule has 0 aromatic heterocycles. The molecule has 0 aliphatic carbocycles. The monoisotopic (exact) mass is 1150 g/mol. The Balaban J connectivity index is 3.45. The molecule has 0 saturated heterocycles. The topological polar surface area (TPSA) is 95.9 Å². The molecule has 0 aliphatic heterocycles. The number of carbonyl (C=O) groups excluding carboxylic acids is 2. The average molecular weight is 1150 g/mol. The van der Waals surface area contributed by atoms with Gasteiger partial charge in [0.25, 0.3) is 0 Å². The molecule has 0 fully saturated rings. The summed E-state index contributed by atoms with van der Waals surface area (Å²) in [5.74, 6) is -0.0649. The molecule has 6 nitrogen and oxygen atoms in total. The minimum absolute atomic E-state index is 0.00265. The molecular weight excluding hydrogens is 1010 g/mol. The molecule has 0 heterocycles. The SMILES string of the molecule is CCCCCCCC/C=C\CCCCCCCC(=O)OCCCCCCCCCCC/C=C\C/C=C\CCCCCCCCCCCCCC(=O)NC(CO)C(O)/C=C/CCCCCCCCCCCCCCCCCCCCCCC. The normalized spacial score (nSPS) is 12.8. The van der Waals surface area contributed by atoms with E-state index in [4.69, 9.17) is 4.74 Å². The zero-order valence-electron chi connectivity index (χ0n) is 55.2. The van der Waals surface area contributed by atoms with Gasteiger partial charge in [-0.3, -0.25) is 9.59 Å². The zero-order chi connectivity index (χ0) is 59.2. The number of nitrogens with one attached hydrogen (secondary N) is 1. The Bertz CT molecular complexity index is 1370. The van der Waals surface area contributed by atoms with E-state index in [2.05, 4.69) is 55.6 Å². The Labute approximate surface area is 512 Å². The van der Waals surface area contributed by atoms with E-state index in [1.165, 1.54) is 321 Å².